The predicted molar refractivity (Wildman–Crippen MR) is 83.2 cm³/mol. The predicted octanol–water partition coefficient (Wildman–Crippen LogP) is 2.50. The van der Waals surface area contributed by atoms with Crippen LogP contribution in [0.4, 0.5) is 11.4 Å². The lowest BCUT2D eigenvalue weighted by Gasteiger charge is -2.13. The maximum Gasteiger partial charge on any atom is 0.340 e. The highest BCUT2D eigenvalue weighted by molar-refractivity contribution is 5.98. The van der Waals surface area contributed by atoms with Crippen LogP contribution in [0.15, 0.2) is 42.7 Å². The van der Waals surface area contributed by atoms with Crippen LogP contribution < -0.4 is 11.1 Å². The van der Waals surface area contributed by atoms with Crippen molar-refractivity contribution in [1.82, 2.24) is 4.98 Å². The molecule has 0 fully saturated rings. The van der Waals surface area contributed by atoms with Crippen molar-refractivity contribution >= 4 is 17.3 Å². The van der Waals surface area contributed by atoms with Crippen molar-refractivity contribution in [2.24, 2.45) is 0 Å². The Labute approximate surface area is 124 Å². The van der Waals surface area contributed by atoms with Gasteiger partial charge in [-0.25, -0.2) is 4.79 Å². The van der Waals surface area contributed by atoms with Crippen LogP contribution >= 0.6 is 0 Å². The topological polar surface area (TPSA) is 77.2 Å². The number of carbonyl (C=O) groups excluding carboxylic acids is 1. The zero-order valence-corrected chi connectivity index (χ0v) is 12.0. The van der Waals surface area contributed by atoms with Crippen LogP contribution in [0.25, 0.3) is 0 Å². The van der Waals surface area contributed by atoms with Gasteiger partial charge in [-0.2, -0.15) is 0 Å². The molecule has 2 rings (SSSR count). The molecular formula is C16H19N3O2. The second kappa shape index (κ2) is 7.28. The number of aromatic nitrogens is 1. The fraction of sp³-hybridized carbons (Fsp3) is 0.250. The molecule has 1 aromatic heterocycles. The fourth-order valence-corrected chi connectivity index (χ4v) is 2.03. The summed E-state index contributed by atoms with van der Waals surface area (Å²) < 4.78 is 5.05. The largest absolute Gasteiger partial charge is 0.462 e. The van der Waals surface area contributed by atoms with Gasteiger partial charge >= 0.3 is 5.97 Å². The Morgan fingerprint density at radius 2 is 2.05 bits per heavy atom. The van der Waals surface area contributed by atoms with Crippen molar-refractivity contribution in [2.75, 3.05) is 24.2 Å². The molecule has 5 heteroatoms. The van der Waals surface area contributed by atoms with Crippen LogP contribution in [0.1, 0.15) is 22.8 Å². The summed E-state index contributed by atoms with van der Waals surface area (Å²) in [6.07, 6.45) is 4.34. The van der Waals surface area contributed by atoms with E-state index in [0.29, 0.717) is 30.1 Å². The normalized spacial score (nSPS) is 10.1. The number of nitrogens with one attached hydrogen (secondary N) is 1. The van der Waals surface area contributed by atoms with Gasteiger partial charge in [-0.15, -0.1) is 0 Å². The second-order valence-electron chi connectivity index (χ2n) is 4.52. The summed E-state index contributed by atoms with van der Waals surface area (Å²) in [5, 5.41) is 3.22. The summed E-state index contributed by atoms with van der Waals surface area (Å²) in [6, 6.07) is 9.14. The number of anilines is 2. The van der Waals surface area contributed by atoms with Crippen molar-refractivity contribution < 1.29 is 9.53 Å². The van der Waals surface area contributed by atoms with Crippen molar-refractivity contribution in [3.63, 3.8) is 0 Å². The van der Waals surface area contributed by atoms with Crippen molar-refractivity contribution in [3.05, 3.63) is 53.9 Å². The number of para-hydroxylation sites is 1. The first-order valence-electron chi connectivity index (χ1n) is 6.90. The first-order chi connectivity index (χ1) is 10.2. The summed E-state index contributed by atoms with van der Waals surface area (Å²) >= 11 is 0. The first-order valence-corrected chi connectivity index (χ1v) is 6.90. The molecule has 0 bridgehead atoms. The Hall–Kier alpha value is -2.56. The molecule has 0 aliphatic heterocycles. The number of pyridine rings is 1. The van der Waals surface area contributed by atoms with E-state index in [1.54, 1.807) is 37.5 Å². The van der Waals surface area contributed by atoms with Crippen LogP contribution in [0.3, 0.4) is 0 Å². The Morgan fingerprint density at radius 3 is 2.76 bits per heavy atom. The molecule has 110 valence electrons. The number of ether oxygens (including phenoxy) is 1. The molecule has 0 saturated carbocycles. The molecule has 0 aliphatic carbocycles. The second-order valence-corrected chi connectivity index (χ2v) is 4.52. The van der Waals surface area contributed by atoms with Crippen LogP contribution in [-0.4, -0.2) is 24.1 Å². The molecule has 0 aliphatic rings. The molecule has 1 aromatic carbocycles. The summed E-state index contributed by atoms with van der Waals surface area (Å²) in [5.41, 5.74) is 8.76. The van der Waals surface area contributed by atoms with Gasteiger partial charge in [-0.05, 0) is 43.2 Å². The Balaban J connectivity index is 2.06. The lowest BCUT2D eigenvalue weighted by molar-refractivity contribution is 0.0527. The quantitative estimate of drug-likeness (QED) is 0.630. The lowest BCUT2D eigenvalue weighted by Crippen LogP contribution is -2.13. The molecular weight excluding hydrogens is 266 g/mol. The molecule has 0 spiro atoms. The zero-order valence-electron chi connectivity index (χ0n) is 12.0. The van der Waals surface area contributed by atoms with E-state index in [9.17, 15) is 4.79 Å². The van der Waals surface area contributed by atoms with Crippen LogP contribution in [0.2, 0.25) is 0 Å². The van der Waals surface area contributed by atoms with E-state index in [4.69, 9.17) is 10.5 Å². The Bertz CT molecular complexity index is 600. The molecule has 1 heterocycles. The fourth-order valence-electron chi connectivity index (χ4n) is 2.03. The first kappa shape index (κ1) is 14.8. The Morgan fingerprint density at radius 1 is 1.29 bits per heavy atom. The summed E-state index contributed by atoms with van der Waals surface area (Å²) in [5.74, 6) is -0.365. The van der Waals surface area contributed by atoms with Gasteiger partial charge in [0, 0.05) is 18.9 Å². The van der Waals surface area contributed by atoms with Gasteiger partial charge in [0.1, 0.15) is 0 Å². The average molecular weight is 285 g/mol. The monoisotopic (exact) mass is 285 g/mol. The molecule has 0 saturated heterocycles. The van der Waals surface area contributed by atoms with E-state index in [1.165, 1.54) is 5.56 Å². The molecule has 5 nitrogen and oxygen atoms in total. The van der Waals surface area contributed by atoms with E-state index >= 15 is 0 Å². The van der Waals surface area contributed by atoms with E-state index in [2.05, 4.69) is 10.3 Å². The smallest absolute Gasteiger partial charge is 0.340 e. The van der Waals surface area contributed by atoms with Crippen LogP contribution in [-0.2, 0) is 11.2 Å². The zero-order chi connectivity index (χ0) is 15.1. The number of nitrogens with zero attached hydrogens (tertiary/aromatic N) is 1. The number of esters is 1. The van der Waals surface area contributed by atoms with Gasteiger partial charge in [-0.1, -0.05) is 6.07 Å². The molecule has 0 amide bonds. The van der Waals surface area contributed by atoms with Crippen molar-refractivity contribution in [3.8, 4) is 0 Å². The number of hydrogen-bond acceptors (Lipinski definition) is 5. The number of carbonyl (C=O) groups is 1. The number of nitrogens with two attached hydrogens (primary N) is 1. The van der Waals surface area contributed by atoms with Crippen molar-refractivity contribution in [2.45, 2.75) is 13.3 Å². The van der Waals surface area contributed by atoms with Gasteiger partial charge in [-0.3, -0.25) is 4.98 Å². The molecule has 0 radical (unpaired) electrons. The van der Waals surface area contributed by atoms with Gasteiger partial charge in [0.2, 0.25) is 0 Å². The molecule has 21 heavy (non-hydrogen) atoms. The summed E-state index contributed by atoms with van der Waals surface area (Å²) in [6.45, 7) is 2.79. The van der Waals surface area contributed by atoms with E-state index in [-0.39, 0.29) is 5.97 Å². The SMILES string of the molecule is CCOC(=O)c1cccc(N)c1NCCc1ccncc1. The maximum absolute atomic E-state index is 11.9. The number of rotatable bonds is 6. The maximum atomic E-state index is 11.9. The van der Waals surface area contributed by atoms with Gasteiger partial charge < -0.3 is 15.8 Å². The molecule has 0 unspecified atom stereocenters. The third-order valence-electron chi connectivity index (χ3n) is 3.06. The Kier molecular flexibility index (Phi) is 5.15. The van der Waals surface area contributed by atoms with E-state index in [1.807, 2.05) is 12.1 Å². The third-order valence-corrected chi connectivity index (χ3v) is 3.06. The number of nitrogen functional groups attached to an aromatic ring is 1. The summed E-state index contributed by atoms with van der Waals surface area (Å²) in [7, 11) is 0. The minimum atomic E-state index is -0.365. The van der Waals surface area contributed by atoms with Gasteiger partial charge in [0.05, 0.1) is 23.5 Å². The van der Waals surface area contributed by atoms with E-state index in [0.717, 1.165) is 6.42 Å². The molecule has 2 aromatic rings. The van der Waals surface area contributed by atoms with Crippen LogP contribution in [0, 0.1) is 0 Å². The lowest BCUT2D eigenvalue weighted by atomic mass is 10.1. The molecule has 3 N–H and O–H groups in total. The number of hydrogen-bond donors (Lipinski definition) is 2. The average Bonchev–Trinajstić information content (AvgIpc) is 2.50. The highest BCUT2D eigenvalue weighted by Gasteiger charge is 2.14. The standard InChI is InChI=1S/C16H19N3O2/c1-2-21-16(20)13-4-3-5-14(17)15(13)19-11-8-12-6-9-18-10-7-12/h3-7,9-10,19H,2,8,11,17H2,1H3. The van der Waals surface area contributed by atoms with Gasteiger partial charge in [0.15, 0.2) is 0 Å². The van der Waals surface area contributed by atoms with E-state index < -0.39 is 0 Å². The van der Waals surface area contributed by atoms with Gasteiger partial charge in [0.25, 0.3) is 0 Å². The highest BCUT2D eigenvalue weighted by Crippen LogP contribution is 2.24. The number of benzene rings is 1. The minimum absolute atomic E-state index is 0.337. The summed E-state index contributed by atoms with van der Waals surface area (Å²) in [4.78, 5) is 15.9. The highest BCUT2D eigenvalue weighted by atomic mass is 16.5. The third kappa shape index (κ3) is 3.95. The van der Waals surface area contributed by atoms with Crippen molar-refractivity contribution in [1.29, 1.82) is 0 Å². The molecule has 0 atom stereocenters. The van der Waals surface area contributed by atoms with Crippen LogP contribution in [0.5, 0.6) is 0 Å². The minimum Gasteiger partial charge on any atom is -0.462 e.